The van der Waals surface area contributed by atoms with E-state index in [1.54, 1.807) is 16.2 Å². The van der Waals surface area contributed by atoms with Crippen molar-refractivity contribution in [3.8, 4) is 0 Å². The van der Waals surface area contributed by atoms with E-state index < -0.39 is 11.6 Å². The average molecular weight is 398 g/mol. The summed E-state index contributed by atoms with van der Waals surface area (Å²) in [5.74, 6) is -0.417. The first-order valence-corrected chi connectivity index (χ1v) is 10.7. The van der Waals surface area contributed by atoms with Crippen LogP contribution >= 0.6 is 11.3 Å². The summed E-state index contributed by atoms with van der Waals surface area (Å²) in [6.45, 7) is 0.446. The second kappa shape index (κ2) is 6.55. The number of thiazole rings is 1. The van der Waals surface area contributed by atoms with Crippen LogP contribution in [0, 0.1) is 0 Å². The summed E-state index contributed by atoms with van der Waals surface area (Å²) < 4.78 is 1.11. The van der Waals surface area contributed by atoms with E-state index in [0.717, 1.165) is 45.8 Å². The molecule has 0 unspecified atom stereocenters. The molecule has 8 heteroatoms. The van der Waals surface area contributed by atoms with Crippen LogP contribution in [-0.4, -0.2) is 51.3 Å². The molecule has 3 aliphatic rings. The molecule has 3 heterocycles. The van der Waals surface area contributed by atoms with Gasteiger partial charge in [-0.05, 0) is 37.8 Å². The Morgan fingerprint density at radius 2 is 2.00 bits per heavy atom. The number of nitrogens with one attached hydrogen (secondary N) is 1. The zero-order chi connectivity index (χ0) is 19.3. The van der Waals surface area contributed by atoms with Crippen molar-refractivity contribution < 1.29 is 14.4 Å². The standard InChI is InChI=1S/C20H22N4O3S/c25-16(12-24-18(26)20(22-19(24)27)9-3-4-10-20)23-11-5-7-14(23)17-21-13-6-1-2-8-15(13)28-17/h1-2,6,8,14H,3-5,7,9-12H2,(H,22,27)/t14-/m1/s1. The van der Waals surface area contributed by atoms with Gasteiger partial charge >= 0.3 is 6.03 Å². The number of rotatable bonds is 3. The summed E-state index contributed by atoms with van der Waals surface area (Å²) >= 11 is 1.61. The number of likely N-dealkylation sites (tertiary alicyclic amines) is 1. The molecule has 5 rings (SSSR count). The van der Waals surface area contributed by atoms with E-state index in [4.69, 9.17) is 4.98 Å². The van der Waals surface area contributed by atoms with E-state index in [1.807, 2.05) is 24.3 Å². The van der Waals surface area contributed by atoms with Gasteiger partial charge in [-0.2, -0.15) is 0 Å². The maximum Gasteiger partial charge on any atom is 0.325 e. The molecule has 1 N–H and O–H groups in total. The second-order valence-corrected chi connectivity index (χ2v) is 8.94. The number of fused-ring (bicyclic) bond motifs is 1. The Morgan fingerprint density at radius 3 is 2.79 bits per heavy atom. The normalized spacial score (nSPS) is 23.9. The number of carbonyl (C=O) groups excluding carboxylic acids is 3. The van der Waals surface area contributed by atoms with Crippen molar-refractivity contribution in [1.82, 2.24) is 20.1 Å². The largest absolute Gasteiger partial charge is 0.332 e. The van der Waals surface area contributed by atoms with Crippen molar-refractivity contribution >= 4 is 39.4 Å². The number of para-hydroxylation sites is 1. The first-order chi connectivity index (χ1) is 13.6. The van der Waals surface area contributed by atoms with Gasteiger partial charge in [0.05, 0.1) is 16.3 Å². The van der Waals surface area contributed by atoms with Crippen molar-refractivity contribution in [1.29, 1.82) is 0 Å². The number of imide groups is 1. The molecular formula is C20H22N4O3S. The van der Waals surface area contributed by atoms with Gasteiger partial charge in [-0.25, -0.2) is 9.78 Å². The topological polar surface area (TPSA) is 82.6 Å². The van der Waals surface area contributed by atoms with Crippen LogP contribution in [0.3, 0.4) is 0 Å². The molecule has 0 bridgehead atoms. The van der Waals surface area contributed by atoms with Gasteiger partial charge in [-0.15, -0.1) is 11.3 Å². The SMILES string of the molecule is O=C1NC2(CCCC2)C(=O)N1CC(=O)N1CCC[C@@H]1c1nc2ccccc2s1. The fourth-order valence-corrected chi connectivity index (χ4v) is 5.83. The molecular weight excluding hydrogens is 376 g/mol. The fraction of sp³-hybridized carbons (Fsp3) is 0.500. The van der Waals surface area contributed by atoms with E-state index in [0.29, 0.717) is 19.4 Å². The summed E-state index contributed by atoms with van der Waals surface area (Å²) in [7, 11) is 0. The van der Waals surface area contributed by atoms with E-state index in [2.05, 4.69) is 5.32 Å². The molecule has 1 aromatic heterocycles. The Bertz CT molecular complexity index is 932. The number of nitrogens with zero attached hydrogens (tertiary/aromatic N) is 3. The third-order valence-electron chi connectivity index (χ3n) is 6.17. The number of hydrogen-bond acceptors (Lipinski definition) is 5. The first kappa shape index (κ1) is 17.6. The van der Waals surface area contributed by atoms with E-state index in [1.165, 1.54) is 0 Å². The molecule has 4 amide bonds. The smallest absolute Gasteiger partial charge is 0.325 e. The highest BCUT2D eigenvalue weighted by atomic mass is 32.1. The van der Waals surface area contributed by atoms with Crippen molar-refractivity contribution in [3.05, 3.63) is 29.3 Å². The highest BCUT2D eigenvalue weighted by molar-refractivity contribution is 7.18. The van der Waals surface area contributed by atoms with Crippen LogP contribution < -0.4 is 5.32 Å². The minimum Gasteiger partial charge on any atom is -0.332 e. The van der Waals surface area contributed by atoms with Gasteiger partial charge in [-0.3, -0.25) is 14.5 Å². The Labute approximate surface area is 166 Å². The molecule has 1 aliphatic carbocycles. The monoisotopic (exact) mass is 398 g/mol. The first-order valence-electron chi connectivity index (χ1n) is 9.86. The maximum absolute atomic E-state index is 13.0. The lowest BCUT2D eigenvalue weighted by atomic mass is 9.98. The molecule has 3 fully saturated rings. The zero-order valence-electron chi connectivity index (χ0n) is 15.5. The lowest BCUT2D eigenvalue weighted by Gasteiger charge is -2.25. The fourth-order valence-electron chi connectivity index (χ4n) is 4.72. The van der Waals surface area contributed by atoms with Crippen molar-refractivity contribution in [2.45, 2.75) is 50.1 Å². The molecule has 0 radical (unpaired) electrons. The van der Waals surface area contributed by atoms with Crippen LogP contribution in [0.1, 0.15) is 49.6 Å². The molecule has 146 valence electrons. The molecule has 2 aromatic rings. The predicted molar refractivity (Wildman–Crippen MR) is 105 cm³/mol. The summed E-state index contributed by atoms with van der Waals surface area (Å²) in [5.41, 5.74) is 0.175. The highest BCUT2D eigenvalue weighted by Crippen LogP contribution is 2.38. The maximum atomic E-state index is 13.0. The molecule has 1 atom stereocenters. The zero-order valence-corrected chi connectivity index (χ0v) is 16.3. The average Bonchev–Trinajstić information content (AvgIpc) is 3.45. The number of benzene rings is 1. The molecule has 1 saturated carbocycles. The Hall–Kier alpha value is -2.48. The van der Waals surface area contributed by atoms with E-state index >= 15 is 0 Å². The number of carbonyl (C=O) groups is 3. The van der Waals surface area contributed by atoms with Gasteiger partial charge in [0, 0.05) is 6.54 Å². The van der Waals surface area contributed by atoms with Crippen LogP contribution in [0.5, 0.6) is 0 Å². The van der Waals surface area contributed by atoms with Crippen LogP contribution in [0.25, 0.3) is 10.2 Å². The van der Waals surface area contributed by atoms with Gasteiger partial charge in [0.1, 0.15) is 17.1 Å². The minimum absolute atomic E-state index is 0.0777. The summed E-state index contributed by atoms with van der Waals surface area (Å²) in [5, 5.41) is 3.77. The molecule has 1 spiro atoms. The molecule has 1 aromatic carbocycles. The van der Waals surface area contributed by atoms with Crippen molar-refractivity contribution in [2.24, 2.45) is 0 Å². The summed E-state index contributed by atoms with van der Waals surface area (Å²) in [6.07, 6.45) is 4.95. The molecule has 2 aliphatic heterocycles. The van der Waals surface area contributed by atoms with E-state index in [9.17, 15) is 14.4 Å². The molecule has 28 heavy (non-hydrogen) atoms. The third kappa shape index (κ3) is 2.70. The second-order valence-electron chi connectivity index (χ2n) is 7.88. The lowest BCUT2D eigenvalue weighted by Crippen LogP contribution is -2.46. The Kier molecular flexibility index (Phi) is 4.12. The Morgan fingerprint density at radius 1 is 1.21 bits per heavy atom. The van der Waals surface area contributed by atoms with Crippen LogP contribution in [-0.2, 0) is 9.59 Å². The van der Waals surface area contributed by atoms with Crippen LogP contribution in [0.4, 0.5) is 4.79 Å². The van der Waals surface area contributed by atoms with Crippen molar-refractivity contribution in [3.63, 3.8) is 0 Å². The number of hydrogen-bond donors (Lipinski definition) is 1. The molecule has 7 nitrogen and oxygen atoms in total. The van der Waals surface area contributed by atoms with Crippen LogP contribution in [0.15, 0.2) is 24.3 Å². The van der Waals surface area contributed by atoms with Gasteiger partial charge in [0.2, 0.25) is 5.91 Å². The quantitative estimate of drug-likeness (QED) is 0.806. The number of aromatic nitrogens is 1. The van der Waals surface area contributed by atoms with Gasteiger partial charge in [0.25, 0.3) is 5.91 Å². The Balaban J connectivity index is 1.34. The molecule has 2 saturated heterocycles. The highest BCUT2D eigenvalue weighted by Gasteiger charge is 2.53. The third-order valence-corrected chi connectivity index (χ3v) is 7.30. The number of amides is 4. The number of urea groups is 1. The minimum atomic E-state index is -0.769. The van der Waals surface area contributed by atoms with E-state index in [-0.39, 0.29) is 24.4 Å². The lowest BCUT2D eigenvalue weighted by molar-refractivity contribution is -0.139. The van der Waals surface area contributed by atoms with Crippen LogP contribution in [0.2, 0.25) is 0 Å². The summed E-state index contributed by atoms with van der Waals surface area (Å²) in [6, 6.07) is 7.44. The predicted octanol–water partition coefficient (Wildman–Crippen LogP) is 2.82. The van der Waals surface area contributed by atoms with Crippen molar-refractivity contribution in [2.75, 3.05) is 13.1 Å². The summed E-state index contributed by atoms with van der Waals surface area (Å²) in [4.78, 5) is 45.8. The van der Waals surface area contributed by atoms with Gasteiger partial charge in [-0.1, -0.05) is 25.0 Å². The van der Waals surface area contributed by atoms with Gasteiger partial charge in [0.15, 0.2) is 0 Å². The van der Waals surface area contributed by atoms with Gasteiger partial charge < -0.3 is 10.2 Å².